The monoisotopic (exact) mass is 361 g/mol. The predicted molar refractivity (Wildman–Crippen MR) is 79.2 cm³/mol. The number of carbonyl (C=O) groups is 1. The molecule has 0 aliphatic heterocycles. The number of benzene rings is 1. The van der Waals surface area contributed by atoms with Gasteiger partial charge in [-0.25, -0.2) is 0 Å². The third kappa shape index (κ3) is 6.02. The van der Waals surface area contributed by atoms with Crippen molar-refractivity contribution in [3.8, 4) is 17.0 Å². The number of rotatable bonds is 6. The molecule has 4 nitrogen and oxygen atoms in total. The number of nitrogens with zero attached hydrogens (tertiary/aromatic N) is 1. The number of hydrogen-bond acceptors (Lipinski definition) is 4. The number of pyridine rings is 1. The number of halogens is 3. The van der Waals surface area contributed by atoms with Crippen molar-refractivity contribution in [2.75, 3.05) is 6.61 Å². The number of carboxylic acid groups (broad SMARTS) is 1. The summed E-state index contributed by atoms with van der Waals surface area (Å²) in [4.78, 5) is 14.5. The third-order valence-electron chi connectivity index (χ3n) is 3.22. The van der Waals surface area contributed by atoms with Gasteiger partial charge in [0.05, 0.1) is 17.9 Å². The number of hydrogen-bond donors (Lipinski definition) is 0. The van der Waals surface area contributed by atoms with Crippen LogP contribution in [0.2, 0.25) is 0 Å². The second-order valence-electron chi connectivity index (χ2n) is 5.15. The van der Waals surface area contributed by atoms with E-state index in [0.29, 0.717) is 18.6 Å². The Hall–Kier alpha value is -1.57. The zero-order valence-corrected chi connectivity index (χ0v) is 15.9. The van der Waals surface area contributed by atoms with Gasteiger partial charge >= 0.3 is 35.7 Å². The van der Waals surface area contributed by atoms with Gasteiger partial charge in [0.15, 0.2) is 0 Å². The summed E-state index contributed by atoms with van der Waals surface area (Å²) in [7, 11) is 0. The third-order valence-corrected chi connectivity index (χ3v) is 3.22. The normalized spacial score (nSPS) is 10.9. The molecule has 0 bridgehead atoms. The van der Waals surface area contributed by atoms with Crippen molar-refractivity contribution < 1.29 is 57.4 Å². The van der Waals surface area contributed by atoms with E-state index >= 15 is 0 Å². The molecule has 2 aromatic rings. The average molecular weight is 361 g/mol. The molecule has 0 amide bonds. The van der Waals surface area contributed by atoms with Crippen molar-refractivity contribution in [1.29, 1.82) is 0 Å². The molecule has 25 heavy (non-hydrogen) atoms. The van der Waals surface area contributed by atoms with Crippen LogP contribution < -0.4 is 39.4 Å². The van der Waals surface area contributed by atoms with Gasteiger partial charge in [0.2, 0.25) is 0 Å². The second-order valence-corrected chi connectivity index (χ2v) is 5.15. The quantitative estimate of drug-likeness (QED) is 0.672. The molecule has 0 saturated heterocycles. The van der Waals surface area contributed by atoms with Gasteiger partial charge in [0.25, 0.3) is 0 Å². The summed E-state index contributed by atoms with van der Waals surface area (Å²) in [6.07, 6.45) is -2.99. The average Bonchev–Trinajstić information content (AvgIpc) is 2.52. The largest absolute Gasteiger partial charge is 1.00 e. The minimum atomic E-state index is -4.56. The molecule has 128 valence electrons. The number of aromatic nitrogens is 1. The standard InChI is InChI=1S/C17H16F3NO3.Na/c1-2-7-24-12-4-5-13(14(9-12)17(18,19)20)15-6-3-11(10-21-15)8-16(22)23;/h3-6,9-10H,2,7-8H2,1H3,(H,22,23);/q;+1/p-1. The van der Waals surface area contributed by atoms with E-state index in [4.69, 9.17) is 4.74 Å². The van der Waals surface area contributed by atoms with Crippen LogP contribution >= 0.6 is 0 Å². The maximum absolute atomic E-state index is 13.3. The molecular weight excluding hydrogens is 346 g/mol. The van der Waals surface area contributed by atoms with Gasteiger partial charge in [-0.1, -0.05) is 13.0 Å². The van der Waals surface area contributed by atoms with Gasteiger partial charge in [-0.3, -0.25) is 4.98 Å². The maximum atomic E-state index is 13.3. The predicted octanol–water partition coefficient (Wildman–Crippen LogP) is -0.147. The summed E-state index contributed by atoms with van der Waals surface area (Å²) >= 11 is 0. The van der Waals surface area contributed by atoms with Crippen molar-refractivity contribution in [3.05, 3.63) is 47.7 Å². The zero-order valence-electron chi connectivity index (χ0n) is 13.9. The first-order chi connectivity index (χ1) is 11.3. The van der Waals surface area contributed by atoms with E-state index in [0.717, 1.165) is 6.07 Å². The van der Waals surface area contributed by atoms with Crippen LogP contribution in [0.15, 0.2) is 36.5 Å². The first kappa shape index (κ1) is 21.5. The van der Waals surface area contributed by atoms with Crippen LogP contribution in [0.4, 0.5) is 13.2 Å². The Bertz CT molecular complexity index is 718. The summed E-state index contributed by atoms with van der Waals surface area (Å²) in [6, 6.07) is 6.47. The minimum absolute atomic E-state index is 0. The van der Waals surface area contributed by atoms with E-state index in [1.54, 1.807) is 0 Å². The van der Waals surface area contributed by atoms with Crippen LogP contribution in [0.1, 0.15) is 24.5 Å². The molecule has 0 atom stereocenters. The van der Waals surface area contributed by atoms with Gasteiger partial charge in [0, 0.05) is 24.2 Å². The van der Waals surface area contributed by atoms with E-state index in [-0.39, 0.29) is 53.0 Å². The Labute approximate surface area is 165 Å². The Balaban J connectivity index is 0.00000312. The van der Waals surface area contributed by atoms with Crippen LogP contribution in [0.25, 0.3) is 11.3 Å². The maximum Gasteiger partial charge on any atom is 1.00 e. The molecule has 0 aliphatic carbocycles. The van der Waals surface area contributed by atoms with E-state index < -0.39 is 17.7 Å². The number of aliphatic carboxylic acids is 1. The Morgan fingerprint density at radius 3 is 2.48 bits per heavy atom. The van der Waals surface area contributed by atoms with E-state index in [1.807, 2.05) is 6.92 Å². The number of alkyl halides is 3. The van der Waals surface area contributed by atoms with E-state index in [1.165, 1.54) is 30.5 Å². The Kier molecular flexibility index (Phi) is 7.92. The van der Waals surface area contributed by atoms with Crippen LogP contribution in [0.3, 0.4) is 0 Å². The molecule has 0 unspecified atom stereocenters. The van der Waals surface area contributed by atoms with E-state index in [2.05, 4.69) is 4.98 Å². The zero-order chi connectivity index (χ0) is 17.7. The van der Waals surface area contributed by atoms with Crippen molar-refractivity contribution in [2.45, 2.75) is 25.9 Å². The van der Waals surface area contributed by atoms with Crippen LogP contribution in [-0.4, -0.2) is 17.6 Å². The Morgan fingerprint density at radius 2 is 1.96 bits per heavy atom. The number of ether oxygens (including phenoxy) is 1. The number of carboxylic acids is 1. The van der Waals surface area contributed by atoms with Crippen molar-refractivity contribution in [2.24, 2.45) is 0 Å². The fourth-order valence-corrected chi connectivity index (χ4v) is 2.15. The molecular formula is C17H15F3NNaO3. The topological polar surface area (TPSA) is 62.2 Å². The molecule has 0 spiro atoms. The second kappa shape index (κ2) is 9.22. The SMILES string of the molecule is CCCOc1ccc(-c2ccc(CC(=O)[O-])cn2)c(C(F)(F)F)c1.[Na+]. The molecule has 0 N–H and O–H groups in total. The van der Waals surface area contributed by atoms with Gasteiger partial charge in [-0.2, -0.15) is 13.2 Å². The molecule has 0 radical (unpaired) electrons. The van der Waals surface area contributed by atoms with Crippen LogP contribution in [0, 0.1) is 0 Å². The fourth-order valence-electron chi connectivity index (χ4n) is 2.15. The van der Waals surface area contributed by atoms with Crippen LogP contribution in [0.5, 0.6) is 5.75 Å². The molecule has 8 heteroatoms. The molecule has 1 aromatic heterocycles. The molecule has 0 aliphatic rings. The summed E-state index contributed by atoms with van der Waals surface area (Å²) in [5.74, 6) is -1.14. The minimum Gasteiger partial charge on any atom is -0.550 e. The molecule has 1 aromatic carbocycles. The summed E-state index contributed by atoms with van der Waals surface area (Å²) in [5.41, 5.74) is -0.482. The molecule has 2 rings (SSSR count). The molecule has 0 saturated carbocycles. The van der Waals surface area contributed by atoms with E-state index in [9.17, 15) is 23.1 Å². The summed E-state index contributed by atoms with van der Waals surface area (Å²) in [6.45, 7) is 2.18. The first-order valence-electron chi connectivity index (χ1n) is 7.30. The van der Waals surface area contributed by atoms with Gasteiger partial charge < -0.3 is 14.6 Å². The van der Waals surface area contributed by atoms with Crippen molar-refractivity contribution >= 4 is 5.97 Å². The van der Waals surface area contributed by atoms with Crippen LogP contribution in [-0.2, 0) is 17.4 Å². The first-order valence-corrected chi connectivity index (χ1v) is 7.30. The molecule has 1 heterocycles. The molecule has 0 fully saturated rings. The summed E-state index contributed by atoms with van der Waals surface area (Å²) in [5, 5.41) is 10.5. The Morgan fingerprint density at radius 1 is 1.24 bits per heavy atom. The van der Waals surface area contributed by atoms with Crippen molar-refractivity contribution in [3.63, 3.8) is 0 Å². The van der Waals surface area contributed by atoms with Gasteiger partial charge in [0.1, 0.15) is 5.75 Å². The van der Waals surface area contributed by atoms with Crippen molar-refractivity contribution in [1.82, 2.24) is 4.98 Å². The van der Waals surface area contributed by atoms with Gasteiger partial charge in [-0.05, 0) is 36.2 Å². The fraction of sp³-hybridized carbons (Fsp3) is 0.294. The van der Waals surface area contributed by atoms with Gasteiger partial charge in [-0.15, -0.1) is 0 Å². The smallest absolute Gasteiger partial charge is 0.550 e. The summed E-state index contributed by atoms with van der Waals surface area (Å²) < 4.78 is 45.2. The number of carbonyl (C=O) groups excluding carboxylic acids is 1.